The number of carbonyl (C=O) groups is 3. The Morgan fingerprint density at radius 2 is 2.00 bits per heavy atom. The monoisotopic (exact) mass is 381 g/mol. The van der Waals surface area contributed by atoms with Crippen LogP contribution in [0.5, 0.6) is 0 Å². The third-order valence-electron chi connectivity index (χ3n) is 2.92. The molecule has 0 fully saturated rings. The van der Waals surface area contributed by atoms with Crippen LogP contribution in [0.4, 0.5) is 0 Å². The van der Waals surface area contributed by atoms with Crippen molar-refractivity contribution in [3.63, 3.8) is 0 Å². The van der Waals surface area contributed by atoms with Gasteiger partial charge in [0.1, 0.15) is 18.2 Å². The summed E-state index contributed by atoms with van der Waals surface area (Å²) in [6.07, 6.45) is -1.09. The van der Waals surface area contributed by atoms with E-state index in [0.29, 0.717) is 6.29 Å². The number of alkyl halides is 1. The fourth-order valence-corrected chi connectivity index (χ4v) is 1.91. The Bertz CT molecular complexity index is 445. The van der Waals surface area contributed by atoms with Crippen LogP contribution in [0.3, 0.4) is 0 Å². The lowest BCUT2D eigenvalue weighted by molar-refractivity contribution is -0.181. The minimum Gasteiger partial charge on any atom is -0.508 e. The van der Waals surface area contributed by atoms with E-state index in [0.717, 1.165) is 0 Å². The number of halogens is 1. The Kier molecular flexibility index (Phi) is 11.1. The molecule has 25 heavy (non-hydrogen) atoms. The summed E-state index contributed by atoms with van der Waals surface area (Å²) < 4.78 is 14.8. The first-order chi connectivity index (χ1) is 11.5. The van der Waals surface area contributed by atoms with Crippen molar-refractivity contribution in [2.75, 3.05) is 33.9 Å². The number of rotatable bonds is 13. The molecule has 2 N–H and O–H groups in total. The Labute approximate surface area is 152 Å². The second-order valence-electron chi connectivity index (χ2n) is 5.95. The summed E-state index contributed by atoms with van der Waals surface area (Å²) in [6.45, 7) is 2.20. The van der Waals surface area contributed by atoms with Crippen molar-refractivity contribution in [3.8, 4) is 0 Å². The number of nitrogens with zero attached hydrogens (tertiary/aromatic N) is 1. The molecule has 0 aliphatic heterocycles. The summed E-state index contributed by atoms with van der Waals surface area (Å²) in [4.78, 5) is 35.2. The van der Waals surface area contributed by atoms with Gasteiger partial charge in [0.25, 0.3) is 0 Å². The predicted molar refractivity (Wildman–Crippen MR) is 89.9 cm³/mol. The molecule has 0 heterocycles. The lowest BCUT2D eigenvalue weighted by Gasteiger charge is -2.22. The van der Waals surface area contributed by atoms with Gasteiger partial charge in [0.05, 0.1) is 19.2 Å². The number of hydrogen-bond acceptors (Lipinski definition) is 9. The first-order valence-electron chi connectivity index (χ1n) is 7.54. The number of aliphatic hydroxyl groups excluding tert-OH is 1. The van der Waals surface area contributed by atoms with Gasteiger partial charge in [0, 0.05) is 13.5 Å². The molecule has 2 atom stereocenters. The summed E-state index contributed by atoms with van der Waals surface area (Å²) in [5.74, 6) is -2.67. The molecule has 0 amide bonds. The van der Waals surface area contributed by atoms with Gasteiger partial charge in [0.2, 0.25) is 0 Å². The number of aliphatic hydroxyl groups is 2. The molecule has 0 saturated carbocycles. The maximum atomic E-state index is 11.7. The lowest BCUT2D eigenvalue weighted by Crippen LogP contribution is -2.45. The molecule has 0 bridgehead atoms. The molecule has 144 valence electrons. The number of likely N-dealkylation sites (N-methyl/N-ethyl adjacent to an activating group) is 1. The van der Waals surface area contributed by atoms with Gasteiger partial charge >= 0.3 is 13.1 Å². The summed E-state index contributed by atoms with van der Waals surface area (Å²) in [5.41, 5.74) is 0. The van der Waals surface area contributed by atoms with E-state index >= 15 is 0 Å². The van der Waals surface area contributed by atoms with Crippen LogP contribution in [0.2, 0.25) is 0 Å². The average molecular weight is 382 g/mol. The topological polar surface area (TPSA) is 123 Å². The predicted octanol–water partition coefficient (Wildman–Crippen LogP) is -0.993. The van der Waals surface area contributed by atoms with Gasteiger partial charge in [-0.2, -0.15) is 0 Å². The van der Waals surface area contributed by atoms with E-state index in [4.69, 9.17) is 25.6 Å². The highest BCUT2D eigenvalue weighted by Crippen LogP contribution is 2.14. The van der Waals surface area contributed by atoms with E-state index < -0.39 is 42.6 Å². The molecule has 0 saturated heterocycles. The zero-order valence-corrected chi connectivity index (χ0v) is 15.6. The maximum Gasteiger partial charge on any atom is 0.548 e. The molecule has 0 radical (unpaired) electrons. The van der Waals surface area contributed by atoms with Gasteiger partial charge in [-0.05, 0) is 20.9 Å². The maximum absolute atomic E-state index is 11.7. The van der Waals surface area contributed by atoms with Gasteiger partial charge in [-0.15, -0.1) is 11.6 Å². The molecule has 1 unspecified atom stereocenters. The van der Waals surface area contributed by atoms with Crippen LogP contribution in [0, 0.1) is 0 Å². The van der Waals surface area contributed by atoms with Crippen molar-refractivity contribution >= 4 is 36.8 Å². The summed E-state index contributed by atoms with van der Waals surface area (Å²) >= 11 is 6.01. The Morgan fingerprint density at radius 3 is 2.48 bits per heavy atom. The average Bonchev–Trinajstić information content (AvgIpc) is 2.49. The fraction of sp³-hybridized carbons (Fsp3) is 0.786. The van der Waals surface area contributed by atoms with Crippen molar-refractivity contribution in [1.29, 1.82) is 0 Å². The van der Waals surface area contributed by atoms with Gasteiger partial charge < -0.3 is 29.1 Å². The largest absolute Gasteiger partial charge is 0.548 e. The zero-order chi connectivity index (χ0) is 19.6. The number of aldehydes is 1. The highest BCUT2D eigenvalue weighted by atomic mass is 35.5. The molecule has 0 aromatic rings. The zero-order valence-electron chi connectivity index (χ0n) is 14.8. The molecule has 0 spiro atoms. The van der Waals surface area contributed by atoms with Crippen LogP contribution < -0.4 is 0 Å². The summed E-state index contributed by atoms with van der Waals surface area (Å²) in [5, 5.41) is 18.2. The molecule has 11 heteroatoms. The van der Waals surface area contributed by atoms with Crippen molar-refractivity contribution in [1.82, 2.24) is 4.90 Å². The van der Waals surface area contributed by atoms with Crippen molar-refractivity contribution in [2.45, 2.75) is 37.4 Å². The Morgan fingerprint density at radius 1 is 1.40 bits per heavy atom. The van der Waals surface area contributed by atoms with E-state index in [9.17, 15) is 24.6 Å². The van der Waals surface area contributed by atoms with E-state index in [1.807, 2.05) is 0 Å². The van der Waals surface area contributed by atoms with Crippen LogP contribution in [-0.2, 0) is 28.4 Å². The van der Waals surface area contributed by atoms with E-state index in [1.165, 1.54) is 25.9 Å². The van der Waals surface area contributed by atoms with Crippen LogP contribution >= 0.6 is 11.6 Å². The quantitative estimate of drug-likeness (QED) is 0.179. The summed E-state index contributed by atoms with van der Waals surface area (Å²) in [7, 11) is 1.50. The van der Waals surface area contributed by atoms with Crippen LogP contribution in [0.1, 0.15) is 20.3 Å². The Hall–Kier alpha value is -1.04. The molecular weight excluding hydrogens is 356 g/mol. The lowest BCUT2D eigenvalue weighted by atomic mass is 9.79. The van der Waals surface area contributed by atoms with E-state index in [1.54, 1.807) is 7.05 Å². The van der Waals surface area contributed by atoms with Gasteiger partial charge in [0.15, 0.2) is 11.6 Å². The van der Waals surface area contributed by atoms with Crippen molar-refractivity contribution in [3.05, 3.63) is 0 Å². The van der Waals surface area contributed by atoms with Crippen LogP contribution in [0.25, 0.3) is 0 Å². The minimum atomic E-state index is -1.47. The molecular formula is C14H25BClNO8. The van der Waals surface area contributed by atoms with Crippen molar-refractivity contribution in [2.24, 2.45) is 0 Å². The van der Waals surface area contributed by atoms with Crippen molar-refractivity contribution < 1.29 is 38.6 Å². The third kappa shape index (κ3) is 11.2. The first kappa shape index (κ1) is 24.0. The summed E-state index contributed by atoms with van der Waals surface area (Å²) in [6, 6.07) is 0. The molecule has 0 rings (SSSR count). The highest BCUT2D eigenvalue weighted by Gasteiger charge is 2.38. The smallest absolute Gasteiger partial charge is 0.508 e. The number of ketones is 1. The van der Waals surface area contributed by atoms with Gasteiger partial charge in [-0.25, -0.2) is 0 Å². The van der Waals surface area contributed by atoms with E-state index in [2.05, 4.69) is 0 Å². The van der Waals surface area contributed by atoms with Crippen LogP contribution in [0.15, 0.2) is 0 Å². The SMILES string of the molecule is COB(OC(=O)CN(C)CC=O)C(Cl)[C@H](O)CC(=O)COC(C)(C)O. The number of Topliss-reactive ketones (excluding diaryl/α,β-unsaturated/α-hetero) is 1. The standard InChI is InChI=1S/C14H25BClNO8/c1-14(2,22)24-9-10(19)7-11(20)13(16)15(23-4)25-12(21)8-17(3)5-6-18/h6,11,13,20,22H,5,7-9H2,1-4H3/t11-,13?/m1/s1. The molecule has 9 nitrogen and oxygen atoms in total. The highest BCUT2D eigenvalue weighted by molar-refractivity contribution is 6.61. The third-order valence-corrected chi connectivity index (χ3v) is 3.41. The second-order valence-corrected chi connectivity index (χ2v) is 6.45. The Balaban J connectivity index is 4.49. The fourth-order valence-electron chi connectivity index (χ4n) is 1.67. The second kappa shape index (κ2) is 11.6. The molecule has 0 aliphatic rings. The number of hydrogen-bond donors (Lipinski definition) is 2. The van der Waals surface area contributed by atoms with E-state index in [-0.39, 0.29) is 19.5 Å². The number of carbonyl (C=O) groups excluding carboxylic acids is 3. The molecule has 0 aliphatic carbocycles. The minimum absolute atomic E-state index is 0.0510. The first-order valence-corrected chi connectivity index (χ1v) is 7.98. The van der Waals surface area contributed by atoms with Gasteiger partial charge in [-0.3, -0.25) is 14.5 Å². The number of ether oxygens (including phenoxy) is 1. The molecule has 0 aromatic carbocycles. The normalized spacial score (nSPS) is 14.1. The van der Waals surface area contributed by atoms with Crippen LogP contribution in [-0.4, -0.2) is 91.3 Å². The van der Waals surface area contributed by atoms with Gasteiger partial charge in [-0.1, -0.05) is 0 Å². The molecule has 0 aromatic heterocycles.